The monoisotopic (exact) mass is 454 g/mol. The molecule has 2 heterocycles. The van der Waals surface area contributed by atoms with Crippen LogP contribution in [-0.4, -0.2) is 66.0 Å². The van der Waals surface area contributed by atoms with Crippen LogP contribution in [-0.2, 0) is 9.59 Å². The lowest BCUT2D eigenvalue weighted by atomic mass is 9.95. The molecule has 0 spiro atoms. The van der Waals surface area contributed by atoms with Gasteiger partial charge >= 0.3 is 0 Å². The molecule has 0 bridgehead atoms. The number of hydrogen-bond donors (Lipinski definition) is 1. The van der Waals surface area contributed by atoms with Crippen LogP contribution in [0.3, 0.4) is 0 Å². The molecule has 4 rings (SSSR count). The van der Waals surface area contributed by atoms with Crippen LogP contribution in [0.4, 0.5) is 4.39 Å². The van der Waals surface area contributed by atoms with E-state index in [1.165, 1.54) is 29.2 Å². The molecule has 33 heavy (non-hydrogen) atoms. The van der Waals surface area contributed by atoms with E-state index in [-0.39, 0.29) is 11.3 Å². The maximum Gasteiger partial charge on any atom is 0.295 e. The van der Waals surface area contributed by atoms with Gasteiger partial charge in [-0.3, -0.25) is 9.59 Å². The fourth-order valence-electron chi connectivity index (χ4n) is 4.24. The number of carbonyl (C=O) groups excluding carboxylic acids is 2. The van der Waals surface area contributed by atoms with Gasteiger partial charge in [0, 0.05) is 18.7 Å². The number of amides is 1. The van der Waals surface area contributed by atoms with Crippen molar-refractivity contribution in [1.29, 1.82) is 0 Å². The summed E-state index contributed by atoms with van der Waals surface area (Å²) in [4.78, 5) is 29.7. The molecule has 7 nitrogen and oxygen atoms in total. The highest BCUT2D eigenvalue weighted by molar-refractivity contribution is 6.46. The third kappa shape index (κ3) is 4.43. The van der Waals surface area contributed by atoms with E-state index in [9.17, 15) is 19.1 Å². The molecule has 2 aliphatic rings. The summed E-state index contributed by atoms with van der Waals surface area (Å²) in [5.74, 6) is -1.17. The van der Waals surface area contributed by atoms with Gasteiger partial charge in [0.2, 0.25) is 0 Å². The van der Waals surface area contributed by atoms with Crippen molar-refractivity contribution in [3.05, 3.63) is 65.0 Å². The van der Waals surface area contributed by atoms with E-state index in [2.05, 4.69) is 4.90 Å². The first kappa shape index (κ1) is 22.8. The molecule has 0 radical (unpaired) electrons. The van der Waals surface area contributed by atoms with Crippen molar-refractivity contribution >= 4 is 17.4 Å². The zero-order chi connectivity index (χ0) is 23.5. The van der Waals surface area contributed by atoms with Crippen LogP contribution < -0.4 is 9.47 Å². The average Bonchev–Trinajstić information content (AvgIpc) is 3.09. The first-order valence-corrected chi connectivity index (χ1v) is 11.1. The first-order valence-electron chi connectivity index (χ1n) is 11.1. The quantitative estimate of drug-likeness (QED) is 0.393. The minimum absolute atomic E-state index is 0.0252. The van der Waals surface area contributed by atoms with E-state index in [0.717, 1.165) is 13.1 Å². The van der Waals surface area contributed by atoms with Crippen molar-refractivity contribution in [3.8, 4) is 11.5 Å². The molecule has 1 atom stereocenters. The Balaban J connectivity index is 1.78. The van der Waals surface area contributed by atoms with E-state index in [1.807, 2.05) is 13.8 Å². The van der Waals surface area contributed by atoms with Crippen molar-refractivity contribution in [3.63, 3.8) is 0 Å². The highest BCUT2D eigenvalue weighted by atomic mass is 19.1. The fraction of sp³-hybridized carbons (Fsp3) is 0.360. The zero-order valence-electron chi connectivity index (χ0n) is 18.7. The number of Topliss-reactive ketones (excluding diaryl/α,β-unsaturated/α-hetero) is 1. The van der Waals surface area contributed by atoms with Gasteiger partial charge < -0.3 is 24.4 Å². The summed E-state index contributed by atoms with van der Waals surface area (Å²) in [5, 5.41) is 11.2. The van der Waals surface area contributed by atoms with E-state index >= 15 is 0 Å². The summed E-state index contributed by atoms with van der Waals surface area (Å²) in [5.41, 5.74) is 0.866. The van der Waals surface area contributed by atoms with Crippen LogP contribution in [0, 0.1) is 5.82 Å². The van der Waals surface area contributed by atoms with Crippen LogP contribution >= 0.6 is 0 Å². The largest absolute Gasteiger partial charge is 0.507 e. The van der Waals surface area contributed by atoms with Crippen LogP contribution in [0.25, 0.3) is 5.76 Å². The summed E-state index contributed by atoms with van der Waals surface area (Å²) in [6.07, 6.45) is 0. The number of ketones is 1. The number of carbonyl (C=O) groups is 2. The number of rotatable bonds is 7. The summed E-state index contributed by atoms with van der Waals surface area (Å²) in [6, 6.07) is 9.68. The second kappa shape index (κ2) is 9.62. The Morgan fingerprint density at radius 1 is 1.06 bits per heavy atom. The molecule has 1 fully saturated rings. The van der Waals surface area contributed by atoms with Crippen molar-refractivity contribution in [2.45, 2.75) is 19.9 Å². The molecular formula is C25H27FN2O5. The van der Waals surface area contributed by atoms with Crippen LogP contribution in [0.5, 0.6) is 11.5 Å². The van der Waals surface area contributed by atoms with Crippen molar-refractivity contribution in [2.75, 3.05) is 39.4 Å². The third-order valence-electron chi connectivity index (χ3n) is 6.09. The number of aliphatic hydroxyl groups is 1. The summed E-state index contributed by atoms with van der Waals surface area (Å²) >= 11 is 0. The lowest BCUT2D eigenvalue weighted by molar-refractivity contribution is -0.140. The molecule has 1 N–H and O–H groups in total. The Bertz CT molecular complexity index is 1080. The fourth-order valence-corrected chi connectivity index (χ4v) is 4.24. The lowest BCUT2D eigenvalue weighted by Gasteiger charge is -2.28. The number of likely N-dealkylation sites (N-methyl/N-ethyl adjacent to an activating group) is 1. The van der Waals surface area contributed by atoms with Gasteiger partial charge in [0.25, 0.3) is 11.7 Å². The van der Waals surface area contributed by atoms with Gasteiger partial charge in [-0.2, -0.15) is 0 Å². The van der Waals surface area contributed by atoms with Crippen molar-refractivity contribution in [1.82, 2.24) is 9.80 Å². The SMILES string of the molecule is CCN(CC)CCN1C(=O)C(=O)/C(=C(/O)c2ccc3c(c2)OCCO3)C1c1ccc(F)cc1. The maximum atomic E-state index is 13.6. The van der Waals surface area contributed by atoms with Gasteiger partial charge in [-0.15, -0.1) is 0 Å². The molecule has 0 saturated carbocycles. The van der Waals surface area contributed by atoms with Crippen LogP contribution in [0.1, 0.15) is 31.0 Å². The highest BCUT2D eigenvalue weighted by Gasteiger charge is 2.46. The maximum absolute atomic E-state index is 13.6. The number of benzene rings is 2. The van der Waals surface area contributed by atoms with Crippen molar-refractivity contribution in [2.24, 2.45) is 0 Å². The Morgan fingerprint density at radius 3 is 2.39 bits per heavy atom. The minimum atomic E-state index is -0.825. The molecule has 174 valence electrons. The Kier molecular flexibility index (Phi) is 6.65. The topological polar surface area (TPSA) is 79.3 Å². The molecule has 0 aliphatic carbocycles. The van der Waals surface area contributed by atoms with Crippen LogP contribution in [0.2, 0.25) is 0 Å². The van der Waals surface area contributed by atoms with E-state index in [0.29, 0.717) is 48.9 Å². The minimum Gasteiger partial charge on any atom is -0.507 e. The highest BCUT2D eigenvalue weighted by Crippen LogP contribution is 2.41. The number of aliphatic hydroxyl groups excluding tert-OH is 1. The van der Waals surface area contributed by atoms with Crippen molar-refractivity contribution < 1.29 is 28.6 Å². The standard InChI is InChI=1S/C25H27FN2O5/c1-3-27(4-2)11-12-28-22(16-5-8-18(26)9-6-16)21(24(30)25(28)31)23(29)17-7-10-19-20(15-17)33-14-13-32-19/h5-10,15,22,29H,3-4,11-14H2,1-2H3/b23-21+. The van der Waals surface area contributed by atoms with Gasteiger partial charge in [0.15, 0.2) is 11.5 Å². The molecule has 1 unspecified atom stereocenters. The van der Waals surface area contributed by atoms with Gasteiger partial charge in [0.05, 0.1) is 11.6 Å². The van der Waals surface area contributed by atoms with Gasteiger partial charge in [-0.05, 0) is 49.0 Å². The Morgan fingerprint density at radius 2 is 1.73 bits per heavy atom. The molecule has 2 aromatic rings. The molecule has 8 heteroatoms. The number of likely N-dealkylation sites (tertiary alicyclic amines) is 1. The van der Waals surface area contributed by atoms with E-state index in [1.54, 1.807) is 18.2 Å². The second-order valence-corrected chi connectivity index (χ2v) is 7.93. The number of hydrogen-bond acceptors (Lipinski definition) is 6. The van der Waals surface area contributed by atoms with E-state index in [4.69, 9.17) is 9.47 Å². The smallest absolute Gasteiger partial charge is 0.295 e. The predicted molar refractivity (Wildman–Crippen MR) is 121 cm³/mol. The average molecular weight is 454 g/mol. The molecule has 2 aromatic carbocycles. The molecule has 0 aromatic heterocycles. The van der Waals surface area contributed by atoms with E-state index < -0.39 is 23.5 Å². The van der Waals surface area contributed by atoms with Gasteiger partial charge in [-0.1, -0.05) is 26.0 Å². The Labute approximate surface area is 192 Å². The third-order valence-corrected chi connectivity index (χ3v) is 6.09. The molecule has 1 saturated heterocycles. The second-order valence-electron chi connectivity index (χ2n) is 7.93. The first-order chi connectivity index (χ1) is 15.9. The predicted octanol–water partition coefficient (Wildman–Crippen LogP) is 3.36. The number of halogens is 1. The number of ether oxygens (including phenoxy) is 2. The lowest BCUT2D eigenvalue weighted by Crippen LogP contribution is -2.38. The zero-order valence-corrected chi connectivity index (χ0v) is 18.7. The van der Waals surface area contributed by atoms with Gasteiger partial charge in [0.1, 0.15) is 24.8 Å². The molecule has 2 aliphatic heterocycles. The molecule has 1 amide bonds. The summed E-state index contributed by atoms with van der Waals surface area (Å²) in [6.45, 7) is 7.34. The van der Waals surface area contributed by atoms with Gasteiger partial charge in [-0.25, -0.2) is 4.39 Å². The van der Waals surface area contributed by atoms with Crippen LogP contribution in [0.15, 0.2) is 48.0 Å². The summed E-state index contributed by atoms with van der Waals surface area (Å²) < 4.78 is 24.7. The normalized spacial score (nSPS) is 19.4. The summed E-state index contributed by atoms with van der Waals surface area (Å²) in [7, 11) is 0. The Hall–Kier alpha value is -3.39. The number of fused-ring (bicyclic) bond motifs is 1. The number of nitrogens with zero attached hydrogens (tertiary/aromatic N) is 2. The molecular weight excluding hydrogens is 427 g/mol.